The van der Waals surface area contributed by atoms with E-state index in [4.69, 9.17) is 0 Å². The number of hydrogen-bond acceptors (Lipinski definition) is 3. The molecule has 1 heterocycles. The zero-order chi connectivity index (χ0) is 17.4. The average molecular weight is 331 g/mol. The Labute approximate surface area is 129 Å². The summed E-state index contributed by atoms with van der Waals surface area (Å²) in [6.07, 6.45) is -4.66. The molecule has 0 N–H and O–H groups in total. The molecule has 8 heteroatoms. The van der Waals surface area contributed by atoms with E-state index in [0.717, 1.165) is 18.1 Å². The van der Waals surface area contributed by atoms with Crippen LogP contribution in [0.15, 0.2) is 30.6 Å². The Hall–Kier alpha value is -2.38. The lowest BCUT2D eigenvalue weighted by molar-refractivity contribution is -0.146. The molecule has 1 aromatic carbocycles. The quantitative estimate of drug-likeness (QED) is 0.476. The van der Waals surface area contributed by atoms with Crippen LogP contribution in [0.5, 0.6) is 0 Å². The summed E-state index contributed by atoms with van der Waals surface area (Å²) in [7, 11) is 1.09. The molecule has 1 atom stereocenters. The number of amides is 1. The van der Waals surface area contributed by atoms with Crippen LogP contribution < -0.4 is 0 Å². The fourth-order valence-electron chi connectivity index (χ4n) is 2.62. The lowest BCUT2D eigenvalue weighted by atomic mass is 9.86. The molecule has 1 aromatic rings. The molecule has 1 aliphatic rings. The Bertz CT molecular complexity index is 669. The van der Waals surface area contributed by atoms with Gasteiger partial charge < -0.3 is 9.64 Å². The van der Waals surface area contributed by atoms with Crippen molar-refractivity contribution in [2.75, 3.05) is 13.7 Å². The number of esters is 1. The number of carbonyl (C=O) groups is 2. The number of benzene rings is 1. The number of rotatable bonds is 2. The van der Waals surface area contributed by atoms with Gasteiger partial charge in [-0.1, -0.05) is 18.7 Å². The number of nitrogens with zero attached hydrogens (tertiary/aromatic N) is 1. The third-order valence-corrected chi connectivity index (χ3v) is 3.65. The van der Waals surface area contributed by atoms with Crippen molar-refractivity contribution >= 4 is 11.9 Å². The number of hydrogen-bond donors (Lipinski definition) is 0. The highest BCUT2D eigenvalue weighted by atomic mass is 19.4. The monoisotopic (exact) mass is 331 g/mol. The van der Waals surface area contributed by atoms with Gasteiger partial charge in [0, 0.05) is 13.1 Å². The number of fused-ring (bicyclic) bond motifs is 1. The summed E-state index contributed by atoms with van der Waals surface area (Å²) in [4.78, 5) is 24.4. The molecular weight excluding hydrogens is 318 g/mol. The molecule has 0 aliphatic carbocycles. The lowest BCUT2D eigenvalue weighted by Crippen LogP contribution is -2.42. The van der Waals surface area contributed by atoms with E-state index in [2.05, 4.69) is 11.3 Å². The van der Waals surface area contributed by atoms with Crippen LogP contribution in [0.4, 0.5) is 17.6 Å². The Balaban J connectivity index is 2.58. The first-order valence-electron chi connectivity index (χ1n) is 6.57. The van der Waals surface area contributed by atoms with Gasteiger partial charge in [-0.3, -0.25) is 9.59 Å². The number of methoxy groups -OCH3 is 1. The van der Waals surface area contributed by atoms with Gasteiger partial charge in [-0.05, 0) is 17.2 Å². The van der Waals surface area contributed by atoms with E-state index in [9.17, 15) is 27.2 Å². The van der Waals surface area contributed by atoms with Crippen molar-refractivity contribution in [3.63, 3.8) is 0 Å². The average Bonchev–Trinajstić information content (AvgIpc) is 2.50. The van der Waals surface area contributed by atoms with Gasteiger partial charge in [-0.15, -0.1) is 0 Å². The molecule has 0 radical (unpaired) electrons. The van der Waals surface area contributed by atoms with Crippen LogP contribution in [0.25, 0.3) is 0 Å². The first kappa shape index (κ1) is 17.0. The van der Waals surface area contributed by atoms with E-state index in [0.29, 0.717) is 0 Å². The van der Waals surface area contributed by atoms with E-state index in [1.54, 1.807) is 0 Å². The second kappa shape index (κ2) is 6.02. The van der Waals surface area contributed by atoms with Crippen LogP contribution in [0.3, 0.4) is 0 Å². The van der Waals surface area contributed by atoms with Crippen molar-refractivity contribution in [3.8, 4) is 0 Å². The van der Waals surface area contributed by atoms with Crippen molar-refractivity contribution in [2.24, 2.45) is 0 Å². The van der Waals surface area contributed by atoms with Crippen LogP contribution >= 0.6 is 0 Å². The van der Waals surface area contributed by atoms with E-state index < -0.39 is 41.9 Å². The highest BCUT2D eigenvalue weighted by Crippen LogP contribution is 2.39. The van der Waals surface area contributed by atoms with Crippen molar-refractivity contribution in [1.82, 2.24) is 4.90 Å². The first-order valence-corrected chi connectivity index (χ1v) is 6.57. The Morgan fingerprint density at radius 1 is 1.35 bits per heavy atom. The zero-order valence-electron chi connectivity index (χ0n) is 12.1. The van der Waals surface area contributed by atoms with Crippen molar-refractivity contribution < 1.29 is 31.9 Å². The van der Waals surface area contributed by atoms with Gasteiger partial charge in [0.2, 0.25) is 0 Å². The molecule has 0 saturated carbocycles. The second-order valence-electron chi connectivity index (χ2n) is 5.04. The lowest BCUT2D eigenvalue weighted by Gasteiger charge is -2.34. The predicted molar refractivity (Wildman–Crippen MR) is 71.9 cm³/mol. The molecule has 0 bridgehead atoms. The van der Waals surface area contributed by atoms with Crippen LogP contribution in [0.2, 0.25) is 0 Å². The fraction of sp³-hybridized carbons (Fsp3) is 0.333. The standard InChI is InChI=1S/C15H13F4NO3/c1-8(16)13(21)20-6-10-9(11(7-20)14(22)23-2)4-3-5-12(10)15(17,18)19/h3-5,11H,1,6-7H2,2H3. The molecule has 4 nitrogen and oxygen atoms in total. The molecule has 23 heavy (non-hydrogen) atoms. The zero-order valence-corrected chi connectivity index (χ0v) is 12.1. The predicted octanol–water partition coefficient (Wildman–Crippen LogP) is 2.79. The van der Waals surface area contributed by atoms with Crippen LogP contribution in [-0.4, -0.2) is 30.4 Å². The highest BCUT2D eigenvalue weighted by molar-refractivity contribution is 5.92. The molecule has 0 saturated heterocycles. The van der Waals surface area contributed by atoms with E-state index in [1.165, 1.54) is 12.1 Å². The number of halogens is 4. The van der Waals surface area contributed by atoms with Gasteiger partial charge in [-0.2, -0.15) is 13.2 Å². The largest absolute Gasteiger partial charge is 0.468 e. The summed E-state index contributed by atoms with van der Waals surface area (Å²) in [6.45, 7) is 2.12. The summed E-state index contributed by atoms with van der Waals surface area (Å²) in [5.74, 6) is -4.37. The van der Waals surface area contributed by atoms with Crippen molar-refractivity contribution in [2.45, 2.75) is 18.6 Å². The smallest absolute Gasteiger partial charge is 0.416 e. The SMILES string of the molecule is C=C(F)C(=O)N1Cc2c(cccc2C(F)(F)F)C(C(=O)OC)C1. The molecule has 1 aliphatic heterocycles. The minimum atomic E-state index is -4.66. The molecule has 0 fully saturated rings. The maximum absolute atomic E-state index is 13.2. The third-order valence-electron chi connectivity index (χ3n) is 3.65. The topological polar surface area (TPSA) is 46.6 Å². The van der Waals surface area contributed by atoms with E-state index >= 15 is 0 Å². The van der Waals surface area contributed by atoms with Crippen LogP contribution in [0, 0.1) is 0 Å². The van der Waals surface area contributed by atoms with Gasteiger partial charge in [0.25, 0.3) is 5.91 Å². The van der Waals surface area contributed by atoms with Crippen LogP contribution in [0.1, 0.15) is 22.6 Å². The number of alkyl halides is 3. The molecular formula is C15H13F4NO3. The maximum Gasteiger partial charge on any atom is 0.416 e. The van der Waals surface area contributed by atoms with Gasteiger partial charge in [0.1, 0.15) is 0 Å². The highest BCUT2D eigenvalue weighted by Gasteiger charge is 2.40. The third kappa shape index (κ3) is 3.20. The Kier molecular flexibility index (Phi) is 4.44. The summed E-state index contributed by atoms with van der Waals surface area (Å²) >= 11 is 0. The number of ether oxygens (including phenoxy) is 1. The second-order valence-corrected chi connectivity index (χ2v) is 5.04. The molecule has 1 amide bonds. The Morgan fingerprint density at radius 3 is 2.52 bits per heavy atom. The normalized spacial score (nSPS) is 17.4. The van der Waals surface area contributed by atoms with Gasteiger partial charge >= 0.3 is 12.1 Å². The molecule has 1 unspecified atom stereocenters. The van der Waals surface area contributed by atoms with Gasteiger partial charge in [0.05, 0.1) is 18.6 Å². The number of carbonyl (C=O) groups excluding carboxylic acids is 2. The minimum absolute atomic E-state index is 0.125. The summed E-state index contributed by atoms with van der Waals surface area (Å²) in [6, 6.07) is 3.41. The maximum atomic E-state index is 13.2. The fourth-order valence-corrected chi connectivity index (χ4v) is 2.62. The van der Waals surface area contributed by atoms with E-state index in [1.807, 2.05) is 0 Å². The molecule has 0 spiro atoms. The van der Waals surface area contributed by atoms with E-state index in [-0.39, 0.29) is 17.7 Å². The van der Waals surface area contributed by atoms with Crippen LogP contribution in [-0.2, 0) is 27.0 Å². The molecule has 0 aromatic heterocycles. The summed E-state index contributed by atoms with van der Waals surface area (Å²) in [5, 5.41) is 0. The van der Waals surface area contributed by atoms with Crippen molar-refractivity contribution in [3.05, 3.63) is 47.3 Å². The van der Waals surface area contributed by atoms with Crippen molar-refractivity contribution in [1.29, 1.82) is 0 Å². The molecule has 2 rings (SSSR count). The Morgan fingerprint density at radius 2 is 2.00 bits per heavy atom. The minimum Gasteiger partial charge on any atom is -0.468 e. The first-order chi connectivity index (χ1) is 10.7. The molecule has 124 valence electrons. The van der Waals surface area contributed by atoms with Gasteiger partial charge in [0.15, 0.2) is 5.83 Å². The summed E-state index contributed by atoms with van der Waals surface area (Å²) in [5.41, 5.74) is -1.08. The summed E-state index contributed by atoms with van der Waals surface area (Å²) < 4.78 is 57.1. The van der Waals surface area contributed by atoms with Gasteiger partial charge in [-0.25, -0.2) is 4.39 Å².